The van der Waals surface area contributed by atoms with Gasteiger partial charge < -0.3 is 0 Å². The molecule has 0 spiro atoms. The summed E-state index contributed by atoms with van der Waals surface area (Å²) in [5.74, 6) is 0. The molecule has 5 aromatic heterocycles. The number of pyridine rings is 4. The lowest BCUT2D eigenvalue weighted by Crippen LogP contribution is -2.62. The van der Waals surface area contributed by atoms with Gasteiger partial charge >= 0.3 is 0 Å². The molecular formula is C83H72B2N4S. The predicted molar refractivity (Wildman–Crippen MR) is 385 cm³/mol. The molecule has 0 amide bonds. The van der Waals surface area contributed by atoms with Gasteiger partial charge in [-0.25, -0.2) is 0 Å². The Balaban J connectivity index is 0.903. The summed E-state index contributed by atoms with van der Waals surface area (Å²) in [5.41, 5.74) is 46.0. The highest BCUT2D eigenvalue weighted by Gasteiger charge is 2.42. The van der Waals surface area contributed by atoms with E-state index in [0.717, 1.165) is 24.0 Å². The lowest BCUT2D eigenvalue weighted by atomic mass is 9.29. The molecule has 0 saturated heterocycles. The molecule has 0 radical (unpaired) electrons. The molecule has 90 heavy (non-hydrogen) atoms. The van der Waals surface area contributed by atoms with Crippen molar-refractivity contribution in [2.75, 3.05) is 0 Å². The topological polar surface area (TPSA) is 51.6 Å². The molecule has 15 rings (SSSR count). The van der Waals surface area contributed by atoms with Gasteiger partial charge in [-0.1, -0.05) is 134 Å². The predicted octanol–water partition coefficient (Wildman–Crippen LogP) is 16.5. The molecule has 0 aliphatic carbocycles. The Labute approximate surface area is 535 Å². The lowest BCUT2D eigenvalue weighted by Gasteiger charge is -2.38. The monoisotopic (exact) mass is 1180 g/mol. The van der Waals surface area contributed by atoms with Crippen LogP contribution in [0.4, 0.5) is 0 Å². The zero-order chi connectivity index (χ0) is 62.1. The average molecular weight is 1180 g/mol. The Bertz CT molecular complexity index is 5040. The second-order valence-corrected chi connectivity index (χ2v) is 27.3. The van der Waals surface area contributed by atoms with Crippen molar-refractivity contribution in [3.8, 4) is 66.8 Å². The van der Waals surface area contributed by atoms with Gasteiger partial charge in [-0.15, -0.1) is 11.3 Å². The van der Waals surface area contributed by atoms with Crippen molar-refractivity contribution in [3.63, 3.8) is 0 Å². The third kappa shape index (κ3) is 9.09. The Morgan fingerprint density at radius 1 is 0.322 bits per heavy atom. The minimum atomic E-state index is -0.0731. The van der Waals surface area contributed by atoms with Crippen molar-refractivity contribution < 1.29 is 0 Å². The fraction of sp³-hybridized carbons (Fsp3) is 0.181. The lowest BCUT2D eigenvalue weighted by molar-refractivity contribution is 1.13. The van der Waals surface area contributed by atoms with Gasteiger partial charge in [0.05, 0.1) is 0 Å². The highest BCUT2D eigenvalue weighted by atomic mass is 32.1. The SMILES string of the molecule is Cc1cc(C)c(-c2cccnc2)c(C)c1B(c1c(C)cc(C)c(-c2cccnc2)c1C)c1c(C)cc(C)c(-c2ccc3sc4ccc(-c5cc6c7c(c5)Cc5c(c(C)cc(C)c5-c5cccnc5)B7c5c(cc(C)c(-c7cccnc7)c5C)C6)cc4c3c2)c1C. The molecule has 4 nitrogen and oxygen atoms in total. The third-order valence-corrected chi connectivity index (χ3v) is 21.8. The standard InChI is InChI=1S/C83H72B2N4S/c1-45-30-50(6)78(84(79-51(7)31-46(2)74(55(79)11)60-18-14-26-86-41-60)80-52(8)32-47(3)75(56(80)12)61-19-15-27-87-42-61)54(10)73(45)59-23-25-72-69(39-59)68-38-58(22-24-71(68)90-72)64-35-66-37-65-34-49(5)76(62-20-16-28-88-43-62)57(13)82(65)85-81-53(9)33-48(4)77(63-21-17-29-89-44-63)70(81)40-67(36-64)83(66)85/h14-36,38-39,41-44H,37,40H2,1-13H3. The molecule has 0 saturated carbocycles. The van der Waals surface area contributed by atoms with E-state index in [1.54, 1.807) is 0 Å². The smallest absolute Gasteiger partial charge is 0.243 e. The molecule has 8 aromatic carbocycles. The molecule has 0 atom stereocenters. The first kappa shape index (κ1) is 57.2. The highest BCUT2D eigenvalue weighted by molar-refractivity contribution is 7.25. The Hall–Kier alpha value is -9.29. The van der Waals surface area contributed by atoms with E-state index in [4.69, 9.17) is 0 Å². The zero-order valence-corrected chi connectivity index (χ0v) is 54.8. The van der Waals surface area contributed by atoms with Crippen LogP contribution in [-0.4, -0.2) is 33.4 Å². The fourth-order valence-corrected chi connectivity index (χ4v) is 18.5. The van der Waals surface area contributed by atoms with Crippen molar-refractivity contribution in [3.05, 3.63) is 272 Å². The zero-order valence-electron chi connectivity index (χ0n) is 54.0. The number of hydrogen-bond acceptors (Lipinski definition) is 5. The van der Waals surface area contributed by atoms with Crippen LogP contribution in [-0.2, 0) is 12.8 Å². The first-order chi connectivity index (χ1) is 43.5. The quantitative estimate of drug-likeness (QED) is 0.135. The minimum absolute atomic E-state index is 0.0731. The Kier molecular flexibility index (Phi) is 14.0. The number of aryl methyl sites for hydroxylation is 9. The Morgan fingerprint density at radius 3 is 1.19 bits per heavy atom. The maximum atomic E-state index is 4.68. The van der Waals surface area contributed by atoms with Crippen LogP contribution < -0.4 is 32.8 Å². The van der Waals surface area contributed by atoms with Crippen molar-refractivity contribution >= 4 is 77.7 Å². The largest absolute Gasteiger partial charge is 0.264 e. The summed E-state index contributed by atoms with van der Waals surface area (Å²) in [5, 5.41) is 2.60. The molecule has 2 aliphatic heterocycles. The summed E-state index contributed by atoms with van der Waals surface area (Å²) >= 11 is 1.90. The van der Waals surface area contributed by atoms with E-state index in [0.29, 0.717) is 0 Å². The number of thiophene rings is 1. The summed E-state index contributed by atoms with van der Waals surface area (Å²) < 4.78 is 2.61. The molecule has 0 unspecified atom stereocenters. The van der Waals surface area contributed by atoms with Gasteiger partial charge in [0, 0.05) is 92.0 Å². The third-order valence-electron chi connectivity index (χ3n) is 20.6. The van der Waals surface area contributed by atoms with E-state index in [2.05, 4.69) is 244 Å². The van der Waals surface area contributed by atoms with Gasteiger partial charge in [0.2, 0.25) is 13.4 Å². The van der Waals surface area contributed by atoms with Crippen LogP contribution in [0.3, 0.4) is 0 Å². The molecule has 13 aromatic rings. The number of benzene rings is 8. The first-order valence-electron chi connectivity index (χ1n) is 31.9. The average Bonchev–Trinajstić information content (AvgIpc) is 0.784. The number of hydrogen-bond donors (Lipinski definition) is 0. The van der Waals surface area contributed by atoms with Crippen LogP contribution in [0.15, 0.2) is 177 Å². The summed E-state index contributed by atoms with van der Waals surface area (Å²) in [6, 6.07) is 49.1. The van der Waals surface area contributed by atoms with Crippen LogP contribution >= 0.6 is 11.3 Å². The van der Waals surface area contributed by atoms with E-state index in [9.17, 15) is 0 Å². The number of aromatic nitrogens is 4. The molecule has 0 fully saturated rings. The molecule has 436 valence electrons. The van der Waals surface area contributed by atoms with E-state index >= 15 is 0 Å². The van der Waals surface area contributed by atoms with Crippen molar-refractivity contribution in [2.24, 2.45) is 0 Å². The van der Waals surface area contributed by atoms with Crippen LogP contribution in [0.25, 0.3) is 86.9 Å². The summed E-state index contributed by atoms with van der Waals surface area (Å²) in [6.07, 6.45) is 17.4. The van der Waals surface area contributed by atoms with Crippen molar-refractivity contribution in [1.82, 2.24) is 19.9 Å². The Morgan fingerprint density at radius 2 is 0.711 bits per heavy atom. The van der Waals surface area contributed by atoms with Crippen LogP contribution in [0.2, 0.25) is 0 Å². The first-order valence-corrected chi connectivity index (χ1v) is 32.7. The van der Waals surface area contributed by atoms with Gasteiger partial charge in [-0.05, 0) is 268 Å². The highest BCUT2D eigenvalue weighted by Crippen LogP contribution is 2.43. The van der Waals surface area contributed by atoms with Crippen molar-refractivity contribution in [2.45, 2.75) is 103 Å². The maximum Gasteiger partial charge on any atom is 0.243 e. The van der Waals surface area contributed by atoms with E-state index in [1.165, 1.54) is 203 Å². The van der Waals surface area contributed by atoms with Gasteiger partial charge in [0.15, 0.2) is 0 Å². The molecule has 0 N–H and O–H groups in total. The summed E-state index contributed by atoms with van der Waals surface area (Å²) in [7, 11) is 0. The van der Waals surface area contributed by atoms with Gasteiger partial charge in [-0.2, -0.15) is 0 Å². The van der Waals surface area contributed by atoms with Crippen LogP contribution in [0.5, 0.6) is 0 Å². The van der Waals surface area contributed by atoms with Gasteiger partial charge in [-0.3, -0.25) is 19.9 Å². The number of fused-ring (bicyclic) bond motifs is 7. The van der Waals surface area contributed by atoms with Gasteiger partial charge in [0.1, 0.15) is 0 Å². The molecule has 0 bridgehead atoms. The molecule has 2 aliphatic rings. The normalized spacial score (nSPS) is 12.4. The second-order valence-electron chi connectivity index (χ2n) is 26.2. The number of rotatable bonds is 9. The van der Waals surface area contributed by atoms with E-state index in [1.807, 2.05) is 54.7 Å². The van der Waals surface area contributed by atoms with Crippen molar-refractivity contribution in [1.29, 1.82) is 0 Å². The minimum Gasteiger partial charge on any atom is -0.264 e. The summed E-state index contributed by atoms with van der Waals surface area (Å²) in [4.78, 5) is 18.6. The molecule has 7 heteroatoms. The van der Waals surface area contributed by atoms with Gasteiger partial charge in [0.25, 0.3) is 0 Å². The van der Waals surface area contributed by atoms with E-state index < -0.39 is 0 Å². The molecular weight excluding hydrogens is 1110 g/mol. The maximum absolute atomic E-state index is 4.68. The van der Waals surface area contributed by atoms with E-state index in [-0.39, 0.29) is 13.4 Å². The van der Waals surface area contributed by atoms with Crippen LogP contribution in [0.1, 0.15) is 94.6 Å². The second kappa shape index (κ2) is 22.0. The summed E-state index contributed by atoms with van der Waals surface area (Å²) in [6.45, 7) is 30.3. The number of nitrogens with zero attached hydrogens (tertiary/aromatic N) is 4. The molecule has 7 heterocycles. The van der Waals surface area contributed by atoms with Crippen LogP contribution in [0, 0.1) is 90.0 Å². The fourth-order valence-electron chi connectivity index (χ4n) is 17.4.